The predicted molar refractivity (Wildman–Crippen MR) is 84.0 cm³/mol. The van der Waals surface area contributed by atoms with Gasteiger partial charge in [0.05, 0.1) is 35.2 Å². The molecule has 3 rings (SSSR count). The molecule has 0 radical (unpaired) electrons. The normalized spacial score (nSPS) is 20.3. The second-order valence-electron chi connectivity index (χ2n) is 5.60. The molecule has 1 atom stereocenters. The fraction of sp³-hybridized carbons (Fsp3) is 0.467. The summed E-state index contributed by atoms with van der Waals surface area (Å²) in [4.78, 5) is 12.1. The fourth-order valence-electron chi connectivity index (χ4n) is 2.88. The molecule has 0 bridgehead atoms. The topological polar surface area (TPSA) is 81.1 Å². The quantitative estimate of drug-likeness (QED) is 0.914. The Morgan fingerprint density at radius 2 is 2.18 bits per heavy atom. The third kappa shape index (κ3) is 2.85. The Morgan fingerprint density at radius 1 is 1.41 bits per heavy atom. The molecule has 1 saturated heterocycles. The lowest BCUT2D eigenvalue weighted by molar-refractivity contribution is -0.124. The van der Waals surface area contributed by atoms with Crippen LogP contribution in [0.15, 0.2) is 24.3 Å². The first-order chi connectivity index (χ1) is 10.5. The molecule has 2 heterocycles. The maximum Gasteiger partial charge on any atom is 0.224 e. The van der Waals surface area contributed by atoms with Gasteiger partial charge in [0.1, 0.15) is 0 Å². The van der Waals surface area contributed by atoms with Gasteiger partial charge in [0.2, 0.25) is 5.91 Å². The zero-order valence-corrected chi connectivity index (χ0v) is 13.3. The summed E-state index contributed by atoms with van der Waals surface area (Å²) in [5.74, 6) is -0.553. The van der Waals surface area contributed by atoms with Gasteiger partial charge in [-0.15, -0.1) is 0 Å². The van der Waals surface area contributed by atoms with Crippen LogP contribution >= 0.6 is 0 Å². The van der Waals surface area contributed by atoms with Crippen LogP contribution in [-0.4, -0.2) is 35.6 Å². The predicted octanol–water partition coefficient (Wildman–Crippen LogP) is 1.11. The van der Waals surface area contributed by atoms with Crippen LogP contribution in [0.1, 0.15) is 19.0 Å². The van der Waals surface area contributed by atoms with Crippen LogP contribution < -0.4 is 5.32 Å². The van der Waals surface area contributed by atoms with Gasteiger partial charge in [0.25, 0.3) is 0 Å². The first kappa shape index (κ1) is 15.0. The zero-order valence-electron chi connectivity index (χ0n) is 12.4. The van der Waals surface area contributed by atoms with Crippen LogP contribution in [0.4, 0.5) is 0 Å². The van der Waals surface area contributed by atoms with E-state index in [0.29, 0.717) is 13.0 Å². The molecular formula is C15H19N3O3S. The number of amides is 1. The number of para-hydroxylation sites is 1. The van der Waals surface area contributed by atoms with Gasteiger partial charge in [-0.05, 0) is 19.4 Å². The van der Waals surface area contributed by atoms with Gasteiger partial charge in [-0.1, -0.05) is 18.2 Å². The van der Waals surface area contributed by atoms with Gasteiger partial charge in [-0.2, -0.15) is 5.10 Å². The minimum absolute atomic E-state index is 0.0387. The number of carbonyl (C=O) groups excluding carboxylic acids is 1. The van der Waals surface area contributed by atoms with E-state index in [1.807, 2.05) is 35.9 Å². The summed E-state index contributed by atoms with van der Waals surface area (Å²) in [5.41, 5.74) is 1.85. The number of fused-ring (bicyclic) bond motifs is 1. The molecule has 0 saturated carbocycles. The summed E-state index contributed by atoms with van der Waals surface area (Å²) in [6.45, 7) is 3.10. The molecule has 118 valence electrons. The standard InChI is InChI=1S/C15H19N3O3S/c1-2-18-14-6-4-3-5-12(14)13(17-18)9-16-15(19)11-7-8-22(20,21)10-11/h3-6,11H,2,7-10H2,1H3,(H,16,19)/t11-/m0/s1. The number of nitrogens with one attached hydrogen (secondary N) is 1. The van der Waals surface area contributed by atoms with Gasteiger partial charge in [0, 0.05) is 11.9 Å². The van der Waals surface area contributed by atoms with Crippen molar-refractivity contribution >= 4 is 26.6 Å². The van der Waals surface area contributed by atoms with E-state index in [-0.39, 0.29) is 17.4 Å². The summed E-state index contributed by atoms with van der Waals surface area (Å²) in [6.07, 6.45) is 0.415. The minimum Gasteiger partial charge on any atom is -0.350 e. The SMILES string of the molecule is CCn1nc(CNC(=O)[C@H]2CCS(=O)(=O)C2)c2ccccc21. The van der Waals surface area contributed by atoms with E-state index in [0.717, 1.165) is 23.1 Å². The van der Waals surface area contributed by atoms with Gasteiger partial charge in [-0.3, -0.25) is 9.48 Å². The molecule has 2 aromatic rings. The highest BCUT2D eigenvalue weighted by atomic mass is 32.2. The molecule has 1 fully saturated rings. The lowest BCUT2D eigenvalue weighted by Crippen LogP contribution is -2.31. The van der Waals surface area contributed by atoms with Crippen molar-refractivity contribution < 1.29 is 13.2 Å². The van der Waals surface area contributed by atoms with Crippen molar-refractivity contribution in [3.63, 3.8) is 0 Å². The lowest BCUT2D eigenvalue weighted by Gasteiger charge is -2.08. The number of nitrogens with zero attached hydrogens (tertiary/aromatic N) is 2. The van der Waals surface area contributed by atoms with Gasteiger partial charge < -0.3 is 5.32 Å². The number of rotatable bonds is 4. The molecular weight excluding hydrogens is 302 g/mol. The highest BCUT2D eigenvalue weighted by molar-refractivity contribution is 7.91. The Bertz CT molecular complexity index is 811. The van der Waals surface area contributed by atoms with E-state index in [9.17, 15) is 13.2 Å². The van der Waals surface area contributed by atoms with Crippen molar-refractivity contribution in [3.05, 3.63) is 30.0 Å². The summed E-state index contributed by atoms with van der Waals surface area (Å²) in [7, 11) is -3.04. The van der Waals surface area contributed by atoms with E-state index >= 15 is 0 Å². The Balaban J connectivity index is 1.73. The van der Waals surface area contributed by atoms with E-state index in [2.05, 4.69) is 10.4 Å². The number of sulfone groups is 1. The van der Waals surface area contributed by atoms with E-state index in [1.54, 1.807) is 0 Å². The van der Waals surface area contributed by atoms with Crippen molar-refractivity contribution in [2.75, 3.05) is 11.5 Å². The van der Waals surface area contributed by atoms with Crippen molar-refractivity contribution in [2.45, 2.75) is 26.4 Å². The van der Waals surface area contributed by atoms with Crippen molar-refractivity contribution in [2.24, 2.45) is 5.92 Å². The molecule has 1 aliphatic heterocycles. The maximum atomic E-state index is 12.1. The zero-order chi connectivity index (χ0) is 15.7. The van der Waals surface area contributed by atoms with Crippen molar-refractivity contribution in [3.8, 4) is 0 Å². The van der Waals surface area contributed by atoms with E-state index in [1.165, 1.54) is 0 Å². The lowest BCUT2D eigenvalue weighted by atomic mass is 10.1. The largest absolute Gasteiger partial charge is 0.350 e. The van der Waals surface area contributed by atoms with Crippen LogP contribution in [0.3, 0.4) is 0 Å². The van der Waals surface area contributed by atoms with E-state index in [4.69, 9.17) is 0 Å². The number of hydrogen-bond acceptors (Lipinski definition) is 4. The average Bonchev–Trinajstić information content (AvgIpc) is 3.05. The molecule has 1 aromatic heterocycles. The Labute approximate surface area is 129 Å². The molecule has 0 spiro atoms. The third-order valence-electron chi connectivity index (χ3n) is 4.07. The number of aryl methyl sites for hydroxylation is 1. The summed E-state index contributed by atoms with van der Waals surface area (Å²) in [5, 5.41) is 8.37. The molecule has 1 aromatic carbocycles. The molecule has 1 aliphatic rings. The minimum atomic E-state index is -3.04. The second-order valence-corrected chi connectivity index (χ2v) is 7.83. The monoisotopic (exact) mass is 321 g/mol. The van der Waals surface area contributed by atoms with Crippen LogP contribution in [-0.2, 0) is 27.7 Å². The molecule has 6 nitrogen and oxygen atoms in total. The average molecular weight is 321 g/mol. The number of benzene rings is 1. The van der Waals surface area contributed by atoms with Crippen LogP contribution in [0, 0.1) is 5.92 Å². The molecule has 0 unspecified atom stereocenters. The number of carbonyl (C=O) groups is 1. The molecule has 7 heteroatoms. The van der Waals surface area contributed by atoms with Crippen LogP contribution in [0.5, 0.6) is 0 Å². The highest BCUT2D eigenvalue weighted by Crippen LogP contribution is 2.20. The van der Waals surface area contributed by atoms with Crippen molar-refractivity contribution in [1.29, 1.82) is 0 Å². The summed E-state index contributed by atoms with van der Waals surface area (Å²) < 4.78 is 24.8. The Morgan fingerprint density at radius 3 is 2.86 bits per heavy atom. The fourth-order valence-corrected chi connectivity index (χ4v) is 4.63. The second kappa shape index (κ2) is 5.72. The molecule has 22 heavy (non-hydrogen) atoms. The van der Waals surface area contributed by atoms with Gasteiger partial charge in [0.15, 0.2) is 9.84 Å². The molecule has 1 N–H and O–H groups in total. The van der Waals surface area contributed by atoms with Crippen LogP contribution in [0.2, 0.25) is 0 Å². The summed E-state index contributed by atoms with van der Waals surface area (Å²) >= 11 is 0. The van der Waals surface area contributed by atoms with Crippen LogP contribution in [0.25, 0.3) is 10.9 Å². The maximum absolute atomic E-state index is 12.1. The Kier molecular flexibility index (Phi) is 3.90. The third-order valence-corrected chi connectivity index (χ3v) is 5.84. The number of aromatic nitrogens is 2. The smallest absolute Gasteiger partial charge is 0.224 e. The van der Waals surface area contributed by atoms with Gasteiger partial charge >= 0.3 is 0 Å². The van der Waals surface area contributed by atoms with Gasteiger partial charge in [-0.25, -0.2) is 8.42 Å². The van der Waals surface area contributed by atoms with E-state index < -0.39 is 15.8 Å². The van der Waals surface area contributed by atoms with Crippen molar-refractivity contribution in [1.82, 2.24) is 15.1 Å². The molecule has 0 aliphatic carbocycles. The molecule has 1 amide bonds. The highest BCUT2D eigenvalue weighted by Gasteiger charge is 2.32. The summed E-state index contributed by atoms with van der Waals surface area (Å²) in [6, 6.07) is 7.89. The first-order valence-corrected chi connectivity index (χ1v) is 9.25. The number of hydrogen-bond donors (Lipinski definition) is 1. The first-order valence-electron chi connectivity index (χ1n) is 7.42. The Hall–Kier alpha value is -1.89.